The molecule has 1 aromatic heterocycles. The van der Waals surface area contributed by atoms with E-state index in [1.54, 1.807) is 4.90 Å². The number of piperidine rings is 1. The van der Waals surface area contributed by atoms with Crippen molar-refractivity contribution in [2.45, 2.75) is 39.2 Å². The molecule has 1 saturated heterocycles. The van der Waals surface area contributed by atoms with E-state index in [0.29, 0.717) is 13.0 Å². The summed E-state index contributed by atoms with van der Waals surface area (Å²) in [6, 6.07) is 7.45. The van der Waals surface area contributed by atoms with E-state index in [1.807, 2.05) is 43.5 Å². The van der Waals surface area contributed by atoms with E-state index in [-0.39, 0.29) is 18.2 Å². The fourth-order valence-corrected chi connectivity index (χ4v) is 3.50. The molecule has 1 aromatic carbocycles. The minimum Gasteiger partial charge on any atom is -0.344 e. The number of amides is 2. The third-order valence-electron chi connectivity index (χ3n) is 4.13. The van der Waals surface area contributed by atoms with Crippen LogP contribution in [0.3, 0.4) is 0 Å². The first kappa shape index (κ1) is 16.6. The predicted molar refractivity (Wildman–Crippen MR) is 95.3 cm³/mol. The van der Waals surface area contributed by atoms with Crippen molar-refractivity contribution in [3.63, 3.8) is 0 Å². The van der Waals surface area contributed by atoms with Gasteiger partial charge in [-0.3, -0.25) is 9.59 Å². The van der Waals surface area contributed by atoms with Gasteiger partial charge in [0.1, 0.15) is 6.04 Å². The van der Waals surface area contributed by atoms with Crippen LogP contribution in [0.2, 0.25) is 0 Å². The molecule has 2 heterocycles. The Kier molecular flexibility index (Phi) is 4.94. The van der Waals surface area contributed by atoms with Crippen molar-refractivity contribution in [1.82, 2.24) is 10.3 Å². The lowest BCUT2D eigenvalue weighted by molar-refractivity contribution is -0.128. The monoisotopic (exact) mass is 343 g/mol. The lowest BCUT2D eigenvalue weighted by atomic mass is 10.0. The van der Waals surface area contributed by atoms with Crippen LogP contribution < -0.4 is 10.2 Å². The van der Waals surface area contributed by atoms with Crippen molar-refractivity contribution in [2.24, 2.45) is 0 Å². The summed E-state index contributed by atoms with van der Waals surface area (Å²) in [5, 5.41) is 5.70. The molecule has 0 spiro atoms. The van der Waals surface area contributed by atoms with Crippen molar-refractivity contribution in [2.75, 3.05) is 11.4 Å². The van der Waals surface area contributed by atoms with Crippen LogP contribution >= 0.6 is 11.3 Å². The van der Waals surface area contributed by atoms with Crippen LogP contribution in [0, 0.1) is 13.8 Å². The number of carbonyl (C=O) groups excluding carboxylic acids is 2. The molecule has 0 aliphatic carbocycles. The van der Waals surface area contributed by atoms with E-state index < -0.39 is 6.04 Å². The lowest BCUT2D eigenvalue weighted by Gasteiger charge is -2.32. The SMILES string of the molecule is Cc1ccc(N2CCC[C@@H](NC(=O)Cc3csc(C)n3)C2=O)cc1. The molecular weight excluding hydrogens is 322 g/mol. The molecule has 2 aromatic rings. The Morgan fingerprint density at radius 3 is 2.75 bits per heavy atom. The predicted octanol–water partition coefficient (Wildman–Crippen LogP) is 2.61. The maximum Gasteiger partial charge on any atom is 0.249 e. The van der Waals surface area contributed by atoms with Gasteiger partial charge in [-0.05, 0) is 38.8 Å². The molecule has 0 saturated carbocycles. The van der Waals surface area contributed by atoms with Crippen LogP contribution in [-0.2, 0) is 16.0 Å². The van der Waals surface area contributed by atoms with Crippen LogP contribution in [0.5, 0.6) is 0 Å². The summed E-state index contributed by atoms with van der Waals surface area (Å²) in [5.74, 6) is -0.183. The number of rotatable bonds is 4. The number of hydrogen-bond acceptors (Lipinski definition) is 4. The lowest BCUT2D eigenvalue weighted by Crippen LogP contribution is -2.52. The van der Waals surface area contributed by atoms with Crippen LogP contribution in [0.4, 0.5) is 5.69 Å². The first-order chi connectivity index (χ1) is 11.5. The van der Waals surface area contributed by atoms with Crippen molar-refractivity contribution in [3.8, 4) is 0 Å². The standard InChI is InChI=1S/C18H21N3O2S/c1-12-5-7-15(8-6-12)21-9-3-4-16(18(21)23)20-17(22)10-14-11-24-13(2)19-14/h5-8,11,16H,3-4,9-10H2,1-2H3,(H,20,22)/t16-/m1/s1. The largest absolute Gasteiger partial charge is 0.344 e. The Hall–Kier alpha value is -2.21. The van der Waals surface area contributed by atoms with Gasteiger partial charge in [0.2, 0.25) is 11.8 Å². The highest BCUT2D eigenvalue weighted by molar-refractivity contribution is 7.09. The molecule has 0 radical (unpaired) electrons. The molecule has 0 bridgehead atoms. The van der Waals surface area contributed by atoms with Crippen molar-refractivity contribution in [1.29, 1.82) is 0 Å². The second-order valence-corrected chi connectivity index (χ2v) is 7.18. The van der Waals surface area contributed by atoms with Gasteiger partial charge in [0, 0.05) is 17.6 Å². The third kappa shape index (κ3) is 3.82. The highest BCUT2D eigenvalue weighted by Crippen LogP contribution is 2.21. The molecule has 126 valence electrons. The molecule has 1 aliphatic rings. The van der Waals surface area contributed by atoms with Crippen molar-refractivity contribution >= 4 is 28.8 Å². The quantitative estimate of drug-likeness (QED) is 0.928. The number of aryl methyl sites for hydroxylation is 2. The van der Waals surface area contributed by atoms with E-state index in [9.17, 15) is 9.59 Å². The van der Waals surface area contributed by atoms with Crippen molar-refractivity contribution in [3.05, 3.63) is 45.9 Å². The number of carbonyl (C=O) groups is 2. The van der Waals surface area contributed by atoms with Crippen LogP contribution in [0.25, 0.3) is 0 Å². The van der Waals surface area contributed by atoms with E-state index in [1.165, 1.54) is 11.3 Å². The van der Waals surface area contributed by atoms with Crippen LogP contribution in [0.15, 0.2) is 29.6 Å². The Morgan fingerprint density at radius 2 is 2.08 bits per heavy atom. The molecule has 2 amide bonds. The van der Waals surface area contributed by atoms with Gasteiger partial charge in [0.05, 0.1) is 17.1 Å². The summed E-state index contributed by atoms with van der Waals surface area (Å²) >= 11 is 1.53. The number of thiazole rings is 1. The average molecular weight is 343 g/mol. The van der Waals surface area contributed by atoms with Gasteiger partial charge in [-0.15, -0.1) is 11.3 Å². The fourth-order valence-electron chi connectivity index (χ4n) is 2.89. The summed E-state index contributed by atoms with van der Waals surface area (Å²) in [5.41, 5.74) is 2.81. The Morgan fingerprint density at radius 1 is 1.33 bits per heavy atom. The third-order valence-corrected chi connectivity index (χ3v) is 4.95. The smallest absolute Gasteiger partial charge is 0.249 e. The highest BCUT2D eigenvalue weighted by Gasteiger charge is 2.30. The molecule has 1 atom stereocenters. The van der Waals surface area contributed by atoms with Gasteiger partial charge >= 0.3 is 0 Å². The molecule has 1 aliphatic heterocycles. The average Bonchev–Trinajstić information content (AvgIpc) is 2.95. The molecule has 0 unspecified atom stereocenters. The van der Waals surface area contributed by atoms with E-state index in [0.717, 1.165) is 28.4 Å². The zero-order chi connectivity index (χ0) is 17.1. The number of nitrogens with zero attached hydrogens (tertiary/aromatic N) is 2. The zero-order valence-electron chi connectivity index (χ0n) is 13.9. The number of aromatic nitrogens is 1. The summed E-state index contributed by atoms with van der Waals surface area (Å²) in [6.45, 7) is 4.63. The van der Waals surface area contributed by atoms with E-state index in [2.05, 4.69) is 10.3 Å². The Labute approximate surface area is 145 Å². The van der Waals surface area contributed by atoms with Gasteiger partial charge < -0.3 is 10.2 Å². The summed E-state index contributed by atoms with van der Waals surface area (Å²) in [4.78, 5) is 31.0. The van der Waals surface area contributed by atoms with E-state index >= 15 is 0 Å². The first-order valence-corrected chi connectivity index (χ1v) is 8.99. The molecular formula is C18H21N3O2S. The number of benzene rings is 1. The highest BCUT2D eigenvalue weighted by atomic mass is 32.1. The minimum atomic E-state index is -0.452. The number of hydrogen-bond donors (Lipinski definition) is 1. The Bertz CT molecular complexity index is 739. The van der Waals surface area contributed by atoms with Gasteiger partial charge in [-0.2, -0.15) is 0 Å². The fraction of sp³-hybridized carbons (Fsp3) is 0.389. The second-order valence-electron chi connectivity index (χ2n) is 6.12. The van der Waals surface area contributed by atoms with Crippen LogP contribution in [0.1, 0.15) is 29.1 Å². The molecule has 3 rings (SSSR count). The molecule has 1 fully saturated rings. The van der Waals surface area contributed by atoms with Crippen LogP contribution in [-0.4, -0.2) is 29.4 Å². The minimum absolute atomic E-state index is 0.0343. The first-order valence-electron chi connectivity index (χ1n) is 8.11. The molecule has 5 nitrogen and oxygen atoms in total. The Balaban J connectivity index is 1.64. The maximum absolute atomic E-state index is 12.7. The normalized spacial score (nSPS) is 17.8. The van der Waals surface area contributed by atoms with Gasteiger partial charge in [-0.25, -0.2) is 4.98 Å². The second kappa shape index (κ2) is 7.13. The van der Waals surface area contributed by atoms with Crippen molar-refractivity contribution < 1.29 is 9.59 Å². The van der Waals surface area contributed by atoms with Gasteiger partial charge in [-0.1, -0.05) is 17.7 Å². The summed E-state index contributed by atoms with van der Waals surface area (Å²) in [6.07, 6.45) is 1.78. The molecule has 24 heavy (non-hydrogen) atoms. The number of anilines is 1. The van der Waals surface area contributed by atoms with Gasteiger partial charge in [0.25, 0.3) is 0 Å². The maximum atomic E-state index is 12.7. The van der Waals surface area contributed by atoms with E-state index in [4.69, 9.17) is 0 Å². The topological polar surface area (TPSA) is 62.3 Å². The summed E-state index contributed by atoms with van der Waals surface area (Å²) in [7, 11) is 0. The molecule has 1 N–H and O–H groups in total. The molecule has 6 heteroatoms. The summed E-state index contributed by atoms with van der Waals surface area (Å²) < 4.78 is 0. The number of nitrogens with one attached hydrogen (secondary N) is 1. The zero-order valence-corrected chi connectivity index (χ0v) is 14.7. The van der Waals surface area contributed by atoms with Gasteiger partial charge in [0.15, 0.2) is 0 Å².